The van der Waals surface area contributed by atoms with Crippen molar-refractivity contribution >= 4 is 12.6 Å². The average molecular weight is 296 g/mol. The van der Waals surface area contributed by atoms with Gasteiger partial charge in [0.15, 0.2) is 6.35 Å². The molecule has 0 aliphatic carbocycles. The standard InChI is InChI=1S/C16H28N2OS/c1-5-9-17-15(19)18-16(3,4)14-8-6-7-13(10-14)12(2)11-20/h6-8,10,12,15,17-20H,5,9,11H2,1-4H3. The van der Waals surface area contributed by atoms with Crippen molar-refractivity contribution in [1.82, 2.24) is 10.6 Å². The Labute approximate surface area is 128 Å². The smallest absolute Gasteiger partial charge is 0.161 e. The summed E-state index contributed by atoms with van der Waals surface area (Å²) in [7, 11) is 0. The van der Waals surface area contributed by atoms with Gasteiger partial charge in [0.2, 0.25) is 0 Å². The molecule has 114 valence electrons. The first-order valence-electron chi connectivity index (χ1n) is 7.31. The molecule has 0 heterocycles. The molecule has 3 nitrogen and oxygen atoms in total. The minimum atomic E-state index is -0.698. The van der Waals surface area contributed by atoms with Gasteiger partial charge in [-0.2, -0.15) is 12.6 Å². The Balaban J connectivity index is 2.80. The summed E-state index contributed by atoms with van der Waals surface area (Å²) in [6.07, 6.45) is 0.296. The third-order valence-corrected chi connectivity index (χ3v) is 4.08. The van der Waals surface area contributed by atoms with Crippen molar-refractivity contribution in [3.05, 3.63) is 35.4 Å². The summed E-state index contributed by atoms with van der Waals surface area (Å²) in [6.45, 7) is 9.20. The van der Waals surface area contributed by atoms with Gasteiger partial charge < -0.3 is 5.11 Å². The average Bonchev–Trinajstić information content (AvgIpc) is 2.44. The zero-order valence-corrected chi connectivity index (χ0v) is 13.9. The monoisotopic (exact) mass is 296 g/mol. The molecule has 0 fully saturated rings. The van der Waals surface area contributed by atoms with E-state index >= 15 is 0 Å². The summed E-state index contributed by atoms with van der Waals surface area (Å²) >= 11 is 4.36. The number of aliphatic hydroxyl groups excluding tert-OH is 1. The number of rotatable bonds is 8. The zero-order chi connectivity index (χ0) is 15.2. The lowest BCUT2D eigenvalue weighted by molar-refractivity contribution is 0.0696. The van der Waals surface area contributed by atoms with Gasteiger partial charge in [-0.05, 0) is 49.6 Å². The van der Waals surface area contributed by atoms with Crippen LogP contribution in [0.15, 0.2) is 24.3 Å². The highest BCUT2D eigenvalue weighted by Gasteiger charge is 2.23. The van der Waals surface area contributed by atoms with E-state index in [-0.39, 0.29) is 5.54 Å². The molecule has 0 aliphatic rings. The summed E-state index contributed by atoms with van der Waals surface area (Å²) in [5.74, 6) is 1.26. The molecule has 0 saturated heterocycles. The van der Waals surface area contributed by atoms with Gasteiger partial charge in [-0.15, -0.1) is 0 Å². The molecule has 1 rings (SSSR count). The van der Waals surface area contributed by atoms with E-state index in [1.165, 1.54) is 11.1 Å². The lowest BCUT2D eigenvalue weighted by Gasteiger charge is -2.31. The molecule has 0 aliphatic heterocycles. The highest BCUT2D eigenvalue weighted by atomic mass is 32.1. The lowest BCUT2D eigenvalue weighted by atomic mass is 9.90. The van der Waals surface area contributed by atoms with Gasteiger partial charge in [-0.1, -0.05) is 38.1 Å². The molecule has 20 heavy (non-hydrogen) atoms. The molecule has 0 aromatic heterocycles. The molecule has 4 heteroatoms. The number of nitrogens with one attached hydrogen (secondary N) is 2. The first-order chi connectivity index (χ1) is 9.40. The zero-order valence-electron chi connectivity index (χ0n) is 13.0. The normalized spacial score (nSPS) is 15.1. The second-order valence-corrected chi connectivity index (χ2v) is 6.20. The van der Waals surface area contributed by atoms with Crippen LogP contribution >= 0.6 is 12.6 Å². The minimum Gasteiger partial charge on any atom is -0.365 e. The van der Waals surface area contributed by atoms with Gasteiger partial charge in [-0.3, -0.25) is 10.6 Å². The van der Waals surface area contributed by atoms with Crippen LogP contribution in [0.4, 0.5) is 0 Å². The van der Waals surface area contributed by atoms with Crippen molar-refractivity contribution in [1.29, 1.82) is 0 Å². The summed E-state index contributed by atoms with van der Waals surface area (Å²) in [4.78, 5) is 0. The number of thiol groups is 1. The van der Waals surface area contributed by atoms with E-state index in [0.717, 1.165) is 18.7 Å². The Hall–Kier alpha value is -0.550. The van der Waals surface area contributed by atoms with Crippen molar-refractivity contribution in [3.63, 3.8) is 0 Å². The second kappa shape index (κ2) is 8.03. The van der Waals surface area contributed by atoms with Gasteiger partial charge >= 0.3 is 0 Å². The summed E-state index contributed by atoms with van der Waals surface area (Å²) in [5.41, 5.74) is 2.15. The molecule has 0 bridgehead atoms. The second-order valence-electron chi connectivity index (χ2n) is 5.84. The van der Waals surface area contributed by atoms with Gasteiger partial charge in [-0.25, -0.2) is 0 Å². The molecule has 0 saturated carbocycles. The minimum absolute atomic E-state index is 0.299. The quantitative estimate of drug-likeness (QED) is 0.441. The van der Waals surface area contributed by atoms with E-state index in [9.17, 15) is 5.11 Å². The maximum absolute atomic E-state index is 9.97. The molecule has 1 aromatic carbocycles. The number of hydrogen-bond acceptors (Lipinski definition) is 4. The third kappa shape index (κ3) is 5.09. The van der Waals surface area contributed by atoms with Crippen LogP contribution in [0.5, 0.6) is 0 Å². The van der Waals surface area contributed by atoms with Crippen molar-refractivity contribution in [2.45, 2.75) is 51.9 Å². The Morgan fingerprint density at radius 3 is 2.65 bits per heavy atom. The van der Waals surface area contributed by atoms with Gasteiger partial charge in [0.25, 0.3) is 0 Å². The summed E-state index contributed by atoms with van der Waals surface area (Å²) in [6, 6.07) is 8.49. The van der Waals surface area contributed by atoms with Crippen LogP contribution in [-0.4, -0.2) is 23.8 Å². The first kappa shape index (κ1) is 17.5. The highest BCUT2D eigenvalue weighted by Crippen LogP contribution is 2.25. The van der Waals surface area contributed by atoms with E-state index in [4.69, 9.17) is 0 Å². The fraction of sp³-hybridized carbons (Fsp3) is 0.625. The number of aliphatic hydroxyl groups is 1. The van der Waals surface area contributed by atoms with Crippen molar-refractivity contribution in [3.8, 4) is 0 Å². The highest BCUT2D eigenvalue weighted by molar-refractivity contribution is 7.80. The topological polar surface area (TPSA) is 44.3 Å². The van der Waals surface area contributed by atoms with Crippen LogP contribution in [0.3, 0.4) is 0 Å². The van der Waals surface area contributed by atoms with Crippen LogP contribution < -0.4 is 10.6 Å². The fourth-order valence-electron chi connectivity index (χ4n) is 2.10. The van der Waals surface area contributed by atoms with E-state index in [2.05, 4.69) is 75.2 Å². The van der Waals surface area contributed by atoms with E-state index in [1.807, 2.05) is 0 Å². The van der Waals surface area contributed by atoms with Gasteiger partial charge in [0, 0.05) is 5.54 Å². The van der Waals surface area contributed by atoms with E-state index in [1.54, 1.807) is 0 Å². The van der Waals surface area contributed by atoms with Gasteiger partial charge in [0.05, 0.1) is 0 Å². The van der Waals surface area contributed by atoms with Gasteiger partial charge in [0.1, 0.15) is 0 Å². The summed E-state index contributed by atoms with van der Waals surface area (Å²) < 4.78 is 0. The molecule has 1 aromatic rings. The van der Waals surface area contributed by atoms with Crippen LogP contribution in [-0.2, 0) is 5.54 Å². The first-order valence-corrected chi connectivity index (χ1v) is 7.94. The predicted octanol–water partition coefficient (Wildman–Crippen LogP) is 2.82. The fourth-order valence-corrected chi connectivity index (χ4v) is 2.31. The van der Waals surface area contributed by atoms with Crippen molar-refractivity contribution in [2.24, 2.45) is 0 Å². The van der Waals surface area contributed by atoms with E-state index in [0.29, 0.717) is 5.92 Å². The number of benzene rings is 1. The van der Waals surface area contributed by atoms with Crippen molar-refractivity contribution < 1.29 is 5.11 Å². The van der Waals surface area contributed by atoms with Crippen molar-refractivity contribution in [2.75, 3.05) is 12.3 Å². The Kier molecular flexibility index (Phi) is 7.03. The Bertz CT molecular complexity index is 409. The predicted molar refractivity (Wildman–Crippen MR) is 89.2 cm³/mol. The van der Waals surface area contributed by atoms with Crippen LogP contribution in [0.1, 0.15) is 51.2 Å². The molecule has 2 unspecified atom stereocenters. The molecule has 0 radical (unpaired) electrons. The molecular formula is C16H28N2OS. The molecular weight excluding hydrogens is 268 g/mol. The number of hydrogen-bond donors (Lipinski definition) is 4. The Morgan fingerprint density at radius 2 is 2.05 bits per heavy atom. The lowest BCUT2D eigenvalue weighted by Crippen LogP contribution is -2.51. The largest absolute Gasteiger partial charge is 0.365 e. The van der Waals surface area contributed by atoms with Crippen LogP contribution in [0, 0.1) is 0 Å². The van der Waals surface area contributed by atoms with Crippen LogP contribution in [0.2, 0.25) is 0 Å². The summed E-state index contributed by atoms with van der Waals surface area (Å²) in [5, 5.41) is 16.2. The molecule has 0 spiro atoms. The SMILES string of the molecule is CCCNC(O)NC(C)(C)c1cccc(C(C)CS)c1. The molecule has 3 N–H and O–H groups in total. The molecule has 0 amide bonds. The Morgan fingerprint density at radius 1 is 1.35 bits per heavy atom. The van der Waals surface area contributed by atoms with E-state index < -0.39 is 6.35 Å². The molecule has 2 atom stereocenters. The maximum Gasteiger partial charge on any atom is 0.161 e. The maximum atomic E-state index is 9.97. The van der Waals surface area contributed by atoms with Crippen LogP contribution in [0.25, 0.3) is 0 Å². The third-order valence-electron chi connectivity index (χ3n) is 3.54.